The van der Waals surface area contributed by atoms with Gasteiger partial charge in [-0.2, -0.15) is 13.2 Å². The van der Waals surface area contributed by atoms with Gasteiger partial charge in [-0.15, -0.1) is 24.0 Å². The summed E-state index contributed by atoms with van der Waals surface area (Å²) in [6, 6.07) is 7.15. The van der Waals surface area contributed by atoms with Crippen LogP contribution in [0.5, 0.6) is 5.75 Å². The average molecular weight is 532 g/mol. The minimum Gasteiger partial charge on any atom is -0.491 e. The standard InChI is InChI=1S/C19H31F3N4O2.HI/c1-5-23-18(24-10-11-26(4)13-19(20,21)22)25-12-17(27)15-6-8-16(9-7-15)28-14(2)3;/h6-9,14,17,27H,5,10-13H2,1-4H3,(H2,23,24,25);1H. The van der Waals surface area contributed by atoms with E-state index in [0.717, 1.165) is 5.75 Å². The molecule has 1 rings (SSSR count). The van der Waals surface area contributed by atoms with Gasteiger partial charge in [0.25, 0.3) is 0 Å². The molecule has 10 heteroatoms. The predicted octanol–water partition coefficient (Wildman–Crippen LogP) is 3.17. The number of guanidine groups is 1. The molecule has 0 amide bonds. The van der Waals surface area contributed by atoms with Crippen LogP contribution in [0, 0.1) is 0 Å². The van der Waals surface area contributed by atoms with Crippen molar-refractivity contribution in [1.29, 1.82) is 0 Å². The lowest BCUT2D eigenvalue weighted by molar-refractivity contribution is -0.142. The van der Waals surface area contributed by atoms with E-state index in [-0.39, 0.29) is 43.2 Å². The molecular weight excluding hydrogens is 500 g/mol. The SMILES string of the molecule is CCNC(=NCC(O)c1ccc(OC(C)C)cc1)NCCN(C)CC(F)(F)F.I. The van der Waals surface area contributed by atoms with Gasteiger partial charge in [0, 0.05) is 19.6 Å². The van der Waals surface area contributed by atoms with Crippen LogP contribution in [0.15, 0.2) is 29.3 Å². The predicted molar refractivity (Wildman–Crippen MR) is 120 cm³/mol. The minimum absolute atomic E-state index is 0. The van der Waals surface area contributed by atoms with E-state index >= 15 is 0 Å². The Bertz CT molecular complexity index is 598. The van der Waals surface area contributed by atoms with Crippen molar-refractivity contribution in [2.75, 3.05) is 39.8 Å². The molecule has 0 aliphatic rings. The zero-order valence-electron chi connectivity index (χ0n) is 17.3. The average Bonchev–Trinajstić information content (AvgIpc) is 2.58. The number of aliphatic hydroxyl groups excluding tert-OH is 1. The lowest BCUT2D eigenvalue weighted by Gasteiger charge is -2.19. The van der Waals surface area contributed by atoms with Crippen LogP contribution in [0.3, 0.4) is 0 Å². The summed E-state index contributed by atoms with van der Waals surface area (Å²) in [4.78, 5) is 5.49. The van der Waals surface area contributed by atoms with E-state index in [1.807, 2.05) is 20.8 Å². The van der Waals surface area contributed by atoms with Gasteiger partial charge in [-0.1, -0.05) is 12.1 Å². The van der Waals surface area contributed by atoms with Gasteiger partial charge >= 0.3 is 6.18 Å². The maximum absolute atomic E-state index is 12.3. The normalized spacial score (nSPS) is 13.2. The summed E-state index contributed by atoms with van der Waals surface area (Å²) in [5, 5.41) is 16.3. The number of aliphatic hydroxyl groups is 1. The highest BCUT2D eigenvalue weighted by atomic mass is 127. The highest BCUT2D eigenvalue weighted by molar-refractivity contribution is 14.0. The number of likely N-dealkylation sites (N-methyl/N-ethyl adjacent to an activating group) is 1. The van der Waals surface area contributed by atoms with E-state index in [1.165, 1.54) is 11.9 Å². The van der Waals surface area contributed by atoms with E-state index in [9.17, 15) is 18.3 Å². The van der Waals surface area contributed by atoms with Gasteiger partial charge in [0.15, 0.2) is 5.96 Å². The summed E-state index contributed by atoms with van der Waals surface area (Å²) >= 11 is 0. The number of halogens is 4. The maximum atomic E-state index is 12.3. The van der Waals surface area contributed by atoms with E-state index in [0.29, 0.717) is 24.6 Å². The molecule has 0 bridgehead atoms. The molecule has 0 heterocycles. The number of nitrogens with zero attached hydrogens (tertiary/aromatic N) is 2. The second-order valence-corrected chi connectivity index (χ2v) is 6.75. The Labute approximate surface area is 187 Å². The quantitative estimate of drug-likeness (QED) is 0.246. The summed E-state index contributed by atoms with van der Waals surface area (Å²) in [5.74, 6) is 1.18. The summed E-state index contributed by atoms with van der Waals surface area (Å²) in [7, 11) is 1.41. The topological polar surface area (TPSA) is 69.1 Å². The molecule has 1 atom stereocenters. The first kappa shape index (κ1) is 27.7. The second kappa shape index (κ2) is 13.9. The molecule has 0 fully saturated rings. The van der Waals surface area contributed by atoms with Gasteiger partial charge in [0.2, 0.25) is 0 Å². The number of ether oxygens (including phenoxy) is 1. The maximum Gasteiger partial charge on any atom is 0.401 e. The first-order valence-corrected chi connectivity index (χ1v) is 9.33. The van der Waals surface area contributed by atoms with Crippen LogP contribution in [0.25, 0.3) is 0 Å². The van der Waals surface area contributed by atoms with Crippen molar-refractivity contribution in [2.45, 2.75) is 39.2 Å². The fourth-order valence-electron chi connectivity index (χ4n) is 2.42. The van der Waals surface area contributed by atoms with Gasteiger partial charge in [0.1, 0.15) is 5.75 Å². The van der Waals surface area contributed by atoms with Crippen molar-refractivity contribution >= 4 is 29.9 Å². The second-order valence-electron chi connectivity index (χ2n) is 6.75. The first-order valence-electron chi connectivity index (χ1n) is 9.33. The molecule has 0 saturated heterocycles. The third-order valence-electron chi connectivity index (χ3n) is 3.64. The fraction of sp³-hybridized carbons (Fsp3) is 0.632. The summed E-state index contributed by atoms with van der Waals surface area (Å²) < 4.78 is 42.6. The van der Waals surface area contributed by atoms with Crippen molar-refractivity contribution in [3.8, 4) is 5.75 Å². The molecule has 0 saturated carbocycles. The van der Waals surface area contributed by atoms with Gasteiger partial charge in [0.05, 0.1) is 25.3 Å². The minimum atomic E-state index is -4.22. The largest absolute Gasteiger partial charge is 0.491 e. The van der Waals surface area contributed by atoms with Crippen LogP contribution in [0.4, 0.5) is 13.2 Å². The molecule has 3 N–H and O–H groups in total. The van der Waals surface area contributed by atoms with Crippen LogP contribution >= 0.6 is 24.0 Å². The van der Waals surface area contributed by atoms with Gasteiger partial charge in [-0.05, 0) is 45.5 Å². The van der Waals surface area contributed by atoms with Crippen LogP contribution in [-0.4, -0.2) is 68.0 Å². The number of benzene rings is 1. The van der Waals surface area contributed by atoms with Crippen molar-refractivity contribution < 1.29 is 23.0 Å². The molecule has 0 aliphatic carbocycles. The molecule has 0 spiro atoms. The molecule has 6 nitrogen and oxygen atoms in total. The third-order valence-corrected chi connectivity index (χ3v) is 3.64. The highest BCUT2D eigenvalue weighted by Crippen LogP contribution is 2.19. The summed E-state index contributed by atoms with van der Waals surface area (Å²) in [6.45, 7) is 6.04. The Morgan fingerprint density at radius 3 is 2.34 bits per heavy atom. The number of alkyl halides is 3. The molecule has 0 aliphatic heterocycles. The van der Waals surface area contributed by atoms with Crippen LogP contribution in [0.2, 0.25) is 0 Å². The molecule has 0 radical (unpaired) electrons. The number of nitrogens with one attached hydrogen (secondary N) is 2. The number of rotatable bonds is 10. The van der Waals surface area contributed by atoms with Crippen molar-refractivity contribution in [2.24, 2.45) is 4.99 Å². The Kier molecular flexibility index (Phi) is 13.3. The van der Waals surface area contributed by atoms with E-state index < -0.39 is 18.8 Å². The third kappa shape index (κ3) is 12.8. The molecule has 29 heavy (non-hydrogen) atoms. The van der Waals surface area contributed by atoms with E-state index in [4.69, 9.17) is 4.74 Å². The van der Waals surface area contributed by atoms with Crippen LogP contribution in [0.1, 0.15) is 32.4 Å². The number of aliphatic imine (C=N–C) groups is 1. The molecule has 1 aromatic rings. The zero-order valence-corrected chi connectivity index (χ0v) is 19.6. The van der Waals surface area contributed by atoms with E-state index in [2.05, 4.69) is 15.6 Å². The number of hydrogen-bond donors (Lipinski definition) is 3. The van der Waals surface area contributed by atoms with Crippen LogP contribution in [-0.2, 0) is 0 Å². The monoisotopic (exact) mass is 532 g/mol. The first-order chi connectivity index (χ1) is 13.1. The van der Waals surface area contributed by atoms with Gasteiger partial charge < -0.3 is 20.5 Å². The lowest BCUT2D eigenvalue weighted by atomic mass is 10.1. The van der Waals surface area contributed by atoms with Crippen molar-refractivity contribution in [3.05, 3.63) is 29.8 Å². The Hall–Kier alpha value is -1.27. The Morgan fingerprint density at radius 2 is 1.83 bits per heavy atom. The molecular formula is C19H32F3IN4O2. The lowest BCUT2D eigenvalue weighted by Crippen LogP contribution is -2.42. The van der Waals surface area contributed by atoms with Gasteiger partial charge in [-0.25, -0.2) is 0 Å². The number of hydrogen-bond acceptors (Lipinski definition) is 4. The fourth-order valence-corrected chi connectivity index (χ4v) is 2.42. The Morgan fingerprint density at radius 1 is 1.21 bits per heavy atom. The zero-order chi connectivity index (χ0) is 21.2. The molecule has 1 unspecified atom stereocenters. The highest BCUT2D eigenvalue weighted by Gasteiger charge is 2.28. The Balaban J connectivity index is 0.00000784. The molecule has 0 aromatic heterocycles. The van der Waals surface area contributed by atoms with Gasteiger partial charge in [-0.3, -0.25) is 9.89 Å². The van der Waals surface area contributed by atoms with Crippen molar-refractivity contribution in [1.82, 2.24) is 15.5 Å². The van der Waals surface area contributed by atoms with Crippen LogP contribution < -0.4 is 15.4 Å². The molecule has 168 valence electrons. The molecule has 1 aromatic carbocycles. The summed E-state index contributed by atoms with van der Waals surface area (Å²) in [6.07, 6.45) is -4.94. The van der Waals surface area contributed by atoms with Crippen molar-refractivity contribution in [3.63, 3.8) is 0 Å². The summed E-state index contributed by atoms with van der Waals surface area (Å²) in [5.41, 5.74) is 0.709. The van der Waals surface area contributed by atoms with E-state index in [1.54, 1.807) is 24.3 Å². The smallest absolute Gasteiger partial charge is 0.401 e.